The number of anilines is 1. The molecule has 0 atom stereocenters. The molecule has 1 amide bonds. The molecular formula is C20H15ClFN5O2. The van der Waals surface area contributed by atoms with Crippen molar-refractivity contribution in [1.82, 2.24) is 19.9 Å². The summed E-state index contributed by atoms with van der Waals surface area (Å²) in [6, 6.07) is 13.9. The first kappa shape index (κ1) is 18.8. The van der Waals surface area contributed by atoms with E-state index in [0.29, 0.717) is 6.54 Å². The lowest BCUT2D eigenvalue weighted by atomic mass is 10.1. The van der Waals surface area contributed by atoms with Gasteiger partial charge in [0.25, 0.3) is 5.91 Å². The van der Waals surface area contributed by atoms with Gasteiger partial charge in [-0.15, -0.1) is 5.10 Å². The van der Waals surface area contributed by atoms with E-state index in [0.717, 1.165) is 5.56 Å². The molecule has 7 nitrogen and oxygen atoms in total. The number of amides is 1. The summed E-state index contributed by atoms with van der Waals surface area (Å²) < 4.78 is 21.0. The van der Waals surface area contributed by atoms with Crippen LogP contribution in [0.5, 0.6) is 0 Å². The van der Waals surface area contributed by atoms with Gasteiger partial charge in [0.2, 0.25) is 5.95 Å². The minimum absolute atomic E-state index is 0.00117. The van der Waals surface area contributed by atoms with Gasteiger partial charge < -0.3 is 4.52 Å². The number of benzene rings is 2. The number of carbonyl (C=O) groups is 1. The third-order valence-corrected chi connectivity index (χ3v) is 4.55. The Balaban J connectivity index is 1.58. The average molecular weight is 412 g/mol. The number of rotatable bonds is 5. The Morgan fingerprint density at radius 2 is 2.00 bits per heavy atom. The summed E-state index contributed by atoms with van der Waals surface area (Å²) in [6.07, 6.45) is 1.51. The highest BCUT2D eigenvalue weighted by atomic mass is 35.5. The zero-order chi connectivity index (χ0) is 20.4. The first-order chi connectivity index (χ1) is 14.0. The third-order valence-electron chi connectivity index (χ3n) is 4.24. The first-order valence-electron chi connectivity index (χ1n) is 8.68. The van der Waals surface area contributed by atoms with Crippen molar-refractivity contribution < 1.29 is 13.7 Å². The van der Waals surface area contributed by atoms with Crippen LogP contribution in [-0.4, -0.2) is 25.8 Å². The van der Waals surface area contributed by atoms with E-state index in [1.54, 1.807) is 11.6 Å². The van der Waals surface area contributed by atoms with Crippen molar-refractivity contribution >= 4 is 23.5 Å². The lowest BCUT2D eigenvalue weighted by molar-refractivity contribution is 0.102. The highest BCUT2D eigenvalue weighted by Crippen LogP contribution is 2.33. The second-order valence-electron chi connectivity index (χ2n) is 6.26. The fraction of sp³-hybridized carbons (Fsp3) is 0.100. The summed E-state index contributed by atoms with van der Waals surface area (Å²) in [5, 5.41) is 10.8. The van der Waals surface area contributed by atoms with Gasteiger partial charge in [-0.05, 0) is 24.6 Å². The highest BCUT2D eigenvalue weighted by Gasteiger charge is 2.26. The number of carbonyl (C=O) groups excluding carboxylic acids is 1. The zero-order valence-electron chi connectivity index (χ0n) is 15.3. The van der Waals surface area contributed by atoms with Crippen molar-refractivity contribution in [2.75, 3.05) is 5.32 Å². The van der Waals surface area contributed by atoms with Gasteiger partial charge >= 0.3 is 0 Å². The van der Waals surface area contributed by atoms with E-state index in [9.17, 15) is 9.18 Å². The number of aryl methyl sites for hydroxylation is 1. The van der Waals surface area contributed by atoms with E-state index in [1.807, 2.05) is 30.3 Å². The van der Waals surface area contributed by atoms with Crippen molar-refractivity contribution in [3.8, 4) is 11.3 Å². The second-order valence-corrected chi connectivity index (χ2v) is 6.67. The van der Waals surface area contributed by atoms with Crippen LogP contribution in [0.4, 0.5) is 10.3 Å². The van der Waals surface area contributed by atoms with Crippen molar-refractivity contribution in [2.24, 2.45) is 0 Å². The predicted molar refractivity (Wildman–Crippen MR) is 105 cm³/mol. The molecule has 0 spiro atoms. The third kappa shape index (κ3) is 3.88. The lowest BCUT2D eigenvalue weighted by Crippen LogP contribution is -2.15. The van der Waals surface area contributed by atoms with E-state index in [1.165, 1.54) is 24.5 Å². The van der Waals surface area contributed by atoms with Gasteiger partial charge in [-0.1, -0.05) is 53.2 Å². The lowest BCUT2D eigenvalue weighted by Gasteiger charge is -2.05. The quantitative estimate of drug-likeness (QED) is 0.528. The number of halogens is 2. The van der Waals surface area contributed by atoms with Crippen LogP contribution in [0.15, 0.2) is 59.4 Å². The Morgan fingerprint density at radius 1 is 1.21 bits per heavy atom. The van der Waals surface area contributed by atoms with Crippen LogP contribution in [0, 0.1) is 12.7 Å². The molecule has 146 valence electrons. The molecule has 2 aromatic carbocycles. The van der Waals surface area contributed by atoms with Gasteiger partial charge in [0.1, 0.15) is 29.2 Å². The van der Waals surface area contributed by atoms with E-state index >= 15 is 0 Å². The maximum Gasteiger partial charge on any atom is 0.263 e. The predicted octanol–water partition coefficient (Wildman–Crippen LogP) is 4.33. The fourth-order valence-corrected chi connectivity index (χ4v) is 3.15. The van der Waals surface area contributed by atoms with Crippen LogP contribution in [0.1, 0.15) is 21.7 Å². The number of nitrogens with one attached hydrogen (secondary N) is 1. The van der Waals surface area contributed by atoms with Crippen molar-refractivity contribution in [2.45, 2.75) is 13.5 Å². The summed E-state index contributed by atoms with van der Waals surface area (Å²) in [5.74, 6) is -0.849. The second kappa shape index (κ2) is 7.84. The van der Waals surface area contributed by atoms with Crippen LogP contribution >= 0.6 is 11.6 Å². The molecule has 2 heterocycles. The van der Waals surface area contributed by atoms with E-state index < -0.39 is 11.7 Å². The van der Waals surface area contributed by atoms with Crippen LogP contribution in [0.3, 0.4) is 0 Å². The van der Waals surface area contributed by atoms with Crippen LogP contribution in [0.25, 0.3) is 11.3 Å². The van der Waals surface area contributed by atoms with Crippen molar-refractivity contribution in [3.05, 3.63) is 82.6 Å². The molecule has 4 rings (SSSR count). The standard InChI is InChI=1S/C20H15ClFN5O2/c1-12-16(18(26-29-12)17-14(21)8-5-9-15(17)22)19(28)24-20-23-11-27(25-20)10-13-6-3-2-4-7-13/h2-9,11H,10H2,1H3,(H,24,25,28). The summed E-state index contributed by atoms with van der Waals surface area (Å²) in [4.78, 5) is 16.9. The summed E-state index contributed by atoms with van der Waals surface area (Å²) in [7, 11) is 0. The van der Waals surface area contributed by atoms with Crippen molar-refractivity contribution in [1.29, 1.82) is 0 Å². The Hall–Kier alpha value is -3.52. The normalized spacial score (nSPS) is 10.9. The van der Waals surface area contributed by atoms with Gasteiger partial charge in [-0.3, -0.25) is 10.1 Å². The first-order valence-corrected chi connectivity index (χ1v) is 9.06. The molecule has 0 radical (unpaired) electrons. The molecule has 0 bridgehead atoms. The molecule has 2 aromatic heterocycles. The van der Waals surface area contributed by atoms with E-state index in [2.05, 4.69) is 20.6 Å². The van der Waals surface area contributed by atoms with Gasteiger partial charge in [0.15, 0.2) is 0 Å². The maximum absolute atomic E-state index is 14.3. The molecule has 0 aliphatic rings. The number of hydrogen-bond donors (Lipinski definition) is 1. The molecule has 0 saturated carbocycles. The largest absolute Gasteiger partial charge is 0.360 e. The summed E-state index contributed by atoms with van der Waals surface area (Å²) in [6.45, 7) is 2.06. The Morgan fingerprint density at radius 3 is 2.76 bits per heavy atom. The molecule has 29 heavy (non-hydrogen) atoms. The molecule has 0 unspecified atom stereocenters. The summed E-state index contributed by atoms with van der Waals surface area (Å²) in [5.41, 5.74) is 1.13. The van der Waals surface area contributed by atoms with Crippen molar-refractivity contribution in [3.63, 3.8) is 0 Å². The molecule has 0 fully saturated rings. The number of aromatic nitrogens is 4. The molecule has 1 N–H and O–H groups in total. The molecule has 4 aromatic rings. The molecular weight excluding hydrogens is 397 g/mol. The number of nitrogens with zero attached hydrogens (tertiary/aromatic N) is 4. The van der Waals surface area contributed by atoms with Gasteiger partial charge in [-0.2, -0.15) is 0 Å². The van der Waals surface area contributed by atoms with E-state index in [4.69, 9.17) is 16.1 Å². The SMILES string of the molecule is Cc1onc(-c2c(F)cccc2Cl)c1C(=O)Nc1ncn(Cc2ccccc2)n1. The Kier molecular flexibility index (Phi) is 5.09. The molecule has 0 aliphatic heterocycles. The minimum Gasteiger partial charge on any atom is -0.360 e. The van der Waals surface area contributed by atoms with Crippen LogP contribution in [0.2, 0.25) is 5.02 Å². The fourth-order valence-electron chi connectivity index (χ4n) is 2.90. The van der Waals surface area contributed by atoms with Gasteiger partial charge in [0, 0.05) is 0 Å². The number of hydrogen-bond acceptors (Lipinski definition) is 5. The van der Waals surface area contributed by atoms with Crippen LogP contribution < -0.4 is 5.32 Å². The molecule has 0 saturated heterocycles. The Labute approximate surface area is 170 Å². The molecule has 9 heteroatoms. The van der Waals surface area contributed by atoms with Crippen LogP contribution in [-0.2, 0) is 6.54 Å². The monoisotopic (exact) mass is 411 g/mol. The van der Waals surface area contributed by atoms with Gasteiger partial charge in [-0.25, -0.2) is 14.1 Å². The van der Waals surface area contributed by atoms with Gasteiger partial charge in [0.05, 0.1) is 17.1 Å². The zero-order valence-corrected chi connectivity index (χ0v) is 16.0. The smallest absolute Gasteiger partial charge is 0.263 e. The summed E-state index contributed by atoms with van der Waals surface area (Å²) >= 11 is 6.11. The Bertz CT molecular complexity index is 1150. The van der Waals surface area contributed by atoms with E-state index in [-0.39, 0.29) is 33.6 Å². The minimum atomic E-state index is -0.606. The molecule has 0 aliphatic carbocycles. The average Bonchev–Trinajstić information content (AvgIpc) is 3.29. The highest BCUT2D eigenvalue weighted by molar-refractivity contribution is 6.33. The maximum atomic E-state index is 14.3. The topological polar surface area (TPSA) is 85.8 Å².